The second kappa shape index (κ2) is 5.00. The Morgan fingerprint density at radius 1 is 1.22 bits per heavy atom. The van der Waals surface area contributed by atoms with Crippen molar-refractivity contribution in [3.63, 3.8) is 0 Å². The summed E-state index contributed by atoms with van der Waals surface area (Å²) in [6.07, 6.45) is 0. The van der Waals surface area contributed by atoms with Crippen molar-refractivity contribution in [2.24, 2.45) is 5.73 Å². The van der Waals surface area contributed by atoms with Crippen molar-refractivity contribution in [2.75, 3.05) is 0 Å². The molecule has 2 aromatic rings. The van der Waals surface area contributed by atoms with Crippen LogP contribution in [0.25, 0.3) is 11.1 Å². The summed E-state index contributed by atoms with van der Waals surface area (Å²) in [4.78, 5) is 11.2. The summed E-state index contributed by atoms with van der Waals surface area (Å²) >= 11 is 9.25. The number of aromatic hydroxyl groups is 1. The molecule has 0 fully saturated rings. The van der Waals surface area contributed by atoms with Crippen LogP contribution < -0.4 is 5.73 Å². The zero-order valence-electron chi connectivity index (χ0n) is 9.15. The third-order valence-corrected chi connectivity index (χ3v) is 3.24. The summed E-state index contributed by atoms with van der Waals surface area (Å²) in [6.45, 7) is 0. The molecule has 2 aromatic carbocycles. The van der Waals surface area contributed by atoms with Crippen molar-refractivity contribution in [3.8, 4) is 16.9 Å². The molecule has 18 heavy (non-hydrogen) atoms. The van der Waals surface area contributed by atoms with Gasteiger partial charge < -0.3 is 10.8 Å². The van der Waals surface area contributed by atoms with Gasteiger partial charge in [0.15, 0.2) is 0 Å². The Morgan fingerprint density at radius 2 is 1.83 bits per heavy atom. The first kappa shape index (κ1) is 12.9. The summed E-state index contributed by atoms with van der Waals surface area (Å²) in [5.41, 5.74) is 6.43. The topological polar surface area (TPSA) is 63.3 Å². The smallest absolute Gasteiger partial charge is 0.252 e. The molecule has 0 bridgehead atoms. The highest BCUT2D eigenvalue weighted by molar-refractivity contribution is 9.10. The number of amides is 1. The minimum Gasteiger partial charge on any atom is -0.506 e. The lowest BCUT2D eigenvalue weighted by Gasteiger charge is -2.09. The fourth-order valence-electron chi connectivity index (χ4n) is 1.64. The molecule has 0 aliphatic rings. The first-order valence-electron chi connectivity index (χ1n) is 5.07. The molecule has 3 N–H and O–H groups in total. The molecule has 0 aromatic heterocycles. The van der Waals surface area contributed by atoms with Gasteiger partial charge in [-0.05, 0) is 29.8 Å². The van der Waals surface area contributed by atoms with Crippen LogP contribution in [0.15, 0.2) is 40.9 Å². The average Bonchev–Trinajstić information content (AvgIpc) is 2.32. The number of phenols is 1. The molecule has 3 nitrogen and oxygen atoms in total. The number of hydrogen-bond acceptors (Lipinski definition) is 2. The van der Waals surface area contributed by atoms with Gasteiger partial charge in [-0.1, -0.05) is 39.7 Å². The number of rotatable bonds is 2. The molecule has 0 radical (unpaired) electrons. The second-order valence-corrected chi connectivity index (χ2v) is 5.07. The molecule has 0 atom stereocenters. The minimum atomic E-state index is -0.714. The third kappa shape index (κ3) is 2.49. The molecule has 2 rings (SSSR count). The molecule has 0 saturated heterocycles. The fraction of sp³-hybridized carbons (Fsp3) is 0. The van der Waals surface area contributed by atoms with Crippen LogP contribution in [-0.4, -0.2) is 11.0 Å². The van der Waals surface area contributed by atoms with Crippen molar-refractivity contribution in [2.45, 2.75) is 0 Å². The van der Waals surface area contributed by atoms with Crippen molar-refractivity contribution in [1.29, 1.82) is 0 Å². The van der Waals surface area contributed by atoms with E-state index in [4.69, 9.17) is 17.3 Å². The van der Waals surface area contributed by atoms with Crippen molar-refractivity contribution < 1.29 is 9.90 Å². The molecule has 0 heterocycles. The molecule has 0 aliphatic heterocycles. The Morgan fingerprint density at radius 3 is 2.39 bits per heavy atom. The summed E-state index contributed by atoms with van der Waals surface area (Å²) in [6, 6.07) is 10.2. The minimum absolute atomic E-state index is 0.0143. The van der Waals surface area contributed by atoms with Crippen LogP contribution in [0.2, 0.25) is 5.02 Å². The second-order valence-electron chi connectivity index (χ2n) is 3.72. The van der Waals surface area contributed by atoms with Gasteiger partial charge in [-0.3, -0.25) is 4.79 Å². The van der Waals surface area contributed by atoms with Crippen LogP contribution in [0.5, 0.6) is 5.75 Å². The van der Waals surface area contributed by atoms with Crippen molar-refractivity contribution in [1.82, 2.24) is 0 Å². The van der Waals surface area contributed by atoms with Gasteiger partial charge in [0.25, 0.3) is 5.91 Å². The molecule has 5 heteroatoms. The lowest BCUT2D eigenvalue weighted by Crippen LogP contribution is -2.11. The molecule has 0 aliphatic carbocycles. The maximum Gasteiger partial charge on any atom is 0.252 e. The van der Waals surface area contributed by atoms with Gasteiger partial charge in [0, 0.05) is 15.1 Å². The molecule has 0 saturated carbocycles. The molecule has 0 spiro atoms. The summed E-state index contributed by atoms with van der Waals surface area (Å²) in [7, 11) is 0. The van der Waals surface area contributed by atoms with Crippen LogP contribution in [0.1, 0.15) is 10.4 Å². The standard InChI is InChI=1S/C13H9BrClNO2/c14-8-3-1-7(2-4-8)10-5-9(15)6-11(12(10)17)13(16)18/h1-6,17H,(H2,16,18). The normalized spacial score (nSPS) is 10.3. The van der Waals surface area contributed by atoms with Crippen molar-refractivity contribution in [3.05, 3.63) is 51.5 Å². The van der Waals surface area contributed by atoms with Crippen LogP contribution in [0.3, 0.4) is 0 Å². The quantitative estimate of drug-likeness (QED) is 0.886. The lowest BCUT2D eigenvalue weighted by molar-refractivity contribution is 0.0998. The van der Waals surface area contributed by atoms with Gasteiger partial charge in [0.1, 0.15) is 5.75 Å². The van der Waals surface area contributed by atoms with E-state index in [1.54, 1.807) is 18.2 Å². The number of halogens is 2. The first-order chi connectivity index (χ1) is 8.49. The van der Waals surface area contributed by atoms with Crippen molar-refractivity contribution >= 4 is 33.4 Å². The van der Waals surface area contributed by atoms with Crippen LogP contribution >= 0.6 is 27.5 Å². The first-order valence-corrected chi connectivity index (χ1v) is 6.24. The largest absolute Gasteiger partial charge is 0.506 e. The molecule has 92 valence electrons. The Kier molecular flexibility index (Phi) is 3.59. The van der Waals surface area contributed by atoms with E-state index < -0.39 is 5.91 Å². The number of primary amides is 1. The van der Waals surface area contributed by atoms with E-state index in [9.17, 15) is 9.90 Å². The highest BCUT2D eigenvalue weighted by Gasteiger charge is 2.14. The Balaban J connectivity index is 2.64. The fourth-order valence-corrected chi connectivity index (χ4v) is 2.12. The SMILES string of the molecule is NC(=O)c1cc(Cl)cc(-c2ccc(Br)cc2)c1O. The highest BCUT2D eigenvalue weighted by atomic mass is 79.9. The number of hydrogen-bond donors (Lipinski definition) is 2. The van der Waals surface area contributed by atoms with E-state index in [-0.39, 0.29) is 11.3 Å². The van der Waals surface area contributed by atoms with Gasteiger partial charge in [-0.2, -0.15) is 0 Å². The van der Waals surface area contributed by atoms with E-state index in [2.05, 4.69) is 15.9 Å². The Hall–Kier alpha value is -1.52. The van der Waals surface area contributed by atoms with Crippen LogP contribution in [0.4, 0.5) is 0 Å². The summed E-state index contributed by atoms with van der Waals surface area (Å²) in [5.74, 6) is -0.873. The lowest BCUT2D eigenvalue weighted by atomic mass is 10.0. The van der Waals surface area contributed by atoms with Crippen LogP contribution in [0, 0.1) is 0 Å². The van der Waals surface area contributed by atoms with E-state index in [0.29, 0.717) is 10.6 Å². The number of carbonyl (C=O) groups excluding carboxylic acids is 1. The van der Waals surface area contributed by atoms with E-state index in [1.165, 1.54) is 6.07 Å². The van der Waals surface area contributed by atoms with E-state index in [1.807, 2.05) is 12.1 Å². The Bertz CT molecular complexity index is 611. The van der Waals surface area contributed by atoms with Gasteiger partial charge in [0.2, 0.25) is 0 Å². The number of benzene rings is 2. The van der Waals surface area contributed by atoms with Gasteiger partial charge >= 0.3 is 0 Å². The van der Waals surface area contributed by atoms with Crippen LogP contribution in [-0.2, 0) is 0 Å². The zero-order chi connectivity index (χ0) is 13.3. The average molecular weight is 327 g/mol. The van der Waals surface area contributed by atoms with Gasteiger partial charge in [0.05, 0.1) is 5.56 Å². The number of nitrogens with two attached hydrogens (primary N) is 1. The van der Waals surface area contributed by atoms with Gasteiger partial charge in [-0.15, -0.1) is 0 Å². The summed E-state index contributed by atoms with van der Waals surface area (Å²) < 4.78 is 0.919. The molecular weight excluding hydrogens is 318 g/mol. The highest BCUT2D eigenvalue weighted by Crippen LogP contribution is 2.35. The predicted octanol–water partition coefficient (Wildman–Crippen LogP) is 3.57. The summed E-state index contributed by atoms with van der Waals surface area (Å²) in [5, 5.41) is 10.4. The third-order valence-electron chi connectivity index (χ3n) is 2.50. The zero-order valence-corrected chi connectivity index (χ0v) is 11.5. The number of carbonyl (C=O) groups is 1. The van der Waals surface area contributed by atoms with Gasteiger partial charge in [-0.25, -0.2) is 0 Å². The van der Waals surface area contributed by atoms with E-state index in [0.717, 1.165) is 10.0 Å². The molecule has 1 amide bonds. The Labute approximate surface area is 117 Å². The predicted molar refractivity (Wildman–Crippen MR) is 74.8 cm³/mol. The monoisotopic (exact) mass is 325 g/mol. The van der Waals surface area contributed by atoms with E-state index >= 15 is 0 Å². The molecule has 0 unspecified atom stereocenters. The maximum absolute atomic E-state index is 11.2. The maximum atomic E-state index is 11.2. The molecular formula is C13H9BrClNO2.